The van der Waals surface area contributed by atoms with Crippen molar-refractivity contribution in [3.05, 3.63) is 0 Å². The fraction of sp³-hybridized carbons (Fsp3) is 0.769. The Balaban J connectivity index is 0. The molecule has 0 saturated heterocycles. The Morgan fingerprint density at radius 3 is 1.91 bits per heavy atom. The topological polar surface area (TPSA) is 110 Å². The van der Waals surface area contributed by atoms with Crippen LogP contribution in [0.15, 0.2) is 0 Å². The fourth-order valence-electron chi connectivity index (χ4n) is 1.40. The van der Waals surface area contributed by atoms with Crippen LogP contribution in [0, 0.1) is 0 Å². The first kappa shape index (κ1) is 23.5. The molecule has 6 N–H and O–H groups in total. The zero-order valence-corrected chi connectivity index (χ0v) is 15.8. The van der Waals surface area contributed by atoms with E-state index in [4.69, 9.17) is 12.2 Å². The number of thiocarbonyl (C=S) groups is 2. The zero-order chi connectivity index (χ0) is 17.4. The summed E-state index contributed by atoms with van der Waals surface area (Å²) in [5, 5.41) is 6.88. The highest BCUT2D eigenvalue weighted by atomic mass is 32.2. The monoisotopic (exact) mass is 368 g/mol. The third-order valence-corrected chi connectivity index (χ3v) is 3.54. The van der Waals surface area contributed by atoms with Crippen LogP contribution in [-0.2, 0) is 15.6 Å². The van der Waals surface area contributed by atoms with Crippen LogP contribution in [0.1, 0.15) is 39.0 Å². The molecule has 6 nitrogen and oxygen atoms in total. The maximum atomic E-state index is 10.8. The van der Waals surface area contributed by atoms with Crippen molar-refractivity contribution in [2.45, 2.75) is 39.0 Å². The Bertz CT molecular complexity index is 335. The van der Waals surface area contributed by atoms with Gasteiger partial charge in [-0.25, -0.2) is 0 Å². The first-order chi connectivity index (χ1) is 10.3. The van der Waals surface area contributed by atoms with Crippen LogP contribution in [0.3, 0.4) is 0 Å². The Morgan fingerprint density at radius 2 is 1.50 bits per heavy atom. The molecule has 0 saturated carbocycles. The smallest absolute Gasteiger partial charge is 0.166 e. The van der Waals surface area contributed by atoms with Gasteiger partial charge < -0.3 is 26.9 Å². The SMILES string of the molecule is CC(=O)CCCCNC(=S)NCCCCS(C)=O.NC(N)=S. The second kappa shape index (κ2) is 16.6. The van der Waals surface area contributed by atoms with Gasteiger partial charge in [-0.3, -0.25) is 4.21 Å². The van der Waals surface area contributed by atoms with Crippen molar-refractivity contribution in [2.75, 3.05) is 25.1 Å². The average molecular weight is 369 g/mol. The normalized spacial score (nSPS) is 10.8. The number of hydrogen-bond acceptors (Lipinski definition) is 4. The minimum atomic E-state index is -0.695. The molecule has 0 aliphatic carbocycles. The summed E-state index contributed by atoms with van der Waals surface area (Å²) < 4.78 is 10.8. The summed E-state index contributed by atoms with van der Waals surface area (Å²) in [4.78, 5) is 10.7. The molecular formula is C13H28N4O2S3. The second-order valence-corrected chi connectivity index (χ2v) is 7.16. The van der Waals surface area contributed by atoms with Crippen LogP contribution in [0.25, 0.3) is 0 Å². The van der Waals surface area contributed by atoms with Gasteiger partial charge in [-0.15, -0.1) is 0 Å². The van der Waals surface area contributed by atoms with Gasteiger partial charge in [0, 0.05) is 42.3 Å². The maximum absolute atomic E-state index is 10.8. The lowest BCUT2D eigenvalue weighted by atomic mass is 10.2. The first-order valence-electron chi connectivity index (χ1n) is 7.11. The first-order valence-corrected chi connectivity index (χ1v) is 9.66. The van der Waals surface area contributed by atoms with E-state index in [1.165, 1.54) is 0 Å². The fourth-order valence-corrected chi connectivity index (χ4v) is 2.21. The molecule has 0 amide bonds. The third-order valence-electron chi connectivity index (χ3n) is 2.39. The molecule has 0 heterocycles. The van der Waals surface area contributed by atoms with Gasteiger partial charge in [0.2, 0.25) is 0 Å². The Morgan fingerprint density at radius 1 is 1.05 bits per heavy atom. The molecule has 1 unspecified atom stereocenters. The quantitative estimate of drug-likeness (QED) is 0.327. The van der Waals surface area contributed by atoms with Crippen molar-refractivity contribution in [1.82, 2.24) is 10.6 Å². The molecule has 0 fully saturated rings. The Hall–Kier alpha value is -0.800. The molecule has 0 aliphatic rings. The minimum Gasteiger partial charge on any atom is -0.377 e. The van der Waals surface area contributed by atoms with Gasteiger partial charge in [-0.1, -0.05) is 0 Å². The van der Waals surface area contributed by atoms with Crippen molar-refractivity contribution in [3.8, 4) is 0 Å². The molecule has 130 valence electrons. The third kappa shape index (κ3) is 27.5. The van der Waals surface area contributed by atoms with Gasteiger partial charge in [-0.2, -0.15) is 0 Å². The van der Waals surface area contributed by atoms with Gasteiger partial charge in [-0.05, 0) is 57.0 Å². The number of nitrogens with two attached hydrogens (primary N) is 2. The number of ketones is 1. The molecule has 0 rings (SSSR count). The summed E-state index contributed by atoms with van der Waals surface area (Å²) in [7, 11) is -0.695. The predicted octanol–water partition coefficient (Wildman–Crippen LogP) is 0.557. The summed E-state index contributed by atoms with van der Waals surface area (Å²) in [6.07, 6.45) is 6.17. The van der Waals surface area contributed by atoms with E-state index in [9.17, 15) is 9.00 Å². The van der Waals surface area contributed by atoms with Crippen LogP contribution in [-0.4, -0.2) is 45.3 Å². The predicted molar refractivity (Wildman–Crippen MR) is 102 cm³/mol. The van der Waals surface area contributed by atoms with Gasteiger partial charge in [0.25, 0.3) is 0 Å². The molecule has 0 aliphatic heterocycles. The highest BCUT2D eigenvalue weighted by molar-refractivity contribution is 7.84. The summed E-state index contributed by atoms with van der Waals surface area (Å²) in [6.45, 7) is 3.23. The van der Waals surface area contributed by atoms with Crippen LogP contribution < -0.4 is 22.1 Å². The van der Waals surface area contributed by atoms with E-state index in [1.54, 1.807) is 13.2 Å². The summed E-state index contributed by atoms with van der Waals surface area (Å²) in [5.74, 6) is 0.997. The number of carbonyl (C=O) groups is 1. The number of rotatable bonds is 10. The summed E-state index contributed by atoms with van der Waals surface area (Å²) in [5.41, 5.74) is 9.24. The average Bonchev–Trinajstić information content (AvgIpc) is 2.36. The molecule has 0 aromatic heterocycles. The number of hydrogen-bond donors (Lipinski definition) is 4. The minimum absolute atomic E-state index is 0.000000000000000222. The summed E-state index contributed by atoms with van der Waals surface area (Å²) in [6, 6.07) is 0. The van der Waals surface area contributed by atoms with E-state index in [-0.39, 0.29) is 10.9 Å². The van der Waals surface area contributed by atoms with Gasteiger partial charge >= 0.3 is 0 Å². The number of unbranched alkanes of at least 4 members (excludes halogenated alkanes) is 2. The standard InChI is InChI=1S/C12H24N2O2S2.CH4N2S/c1-11(15)7-3-4-8-13-12(17)14-9-5-6-10-18(2)16;2-1(3)4/h3-10H2,1-2H3,(H2,13,14,17);(H4,2,3,4). The molecule has 0 aromatic rings. The highest BCUT2D eigenvalue weighted by Gasteiger charge is 1.97. The molecule has 0 radical (unpaired) electrons. The number of carbonyl (C=O) groups excluding carboxylic acids is 1. The lowest BCUT2D eigenvalue weighted by Gasteiger charge is -2.09. The lowest BCUT2D eigenvalue weighted by molar-refractivity contribution is -0.117. The van der Waals surface area contributed by atoms with E-state index < -0.39 is 10.8 Å². The molecule has 0 bridgehead atoms. The molecule has 22 heavy (non-hydrogen) atoms. The van der Waals surface area contributed by atoms with Crippen LogP contribution in [0.2, 0.25) is 0 Å². The van der Waals surface area contributed by atoms with Crippen molar-refractivity contribution in [2.24, 2.45) is 11.5 Å². The zero-order valence-electron chi connectivity index (χ0n) is 13.4. The van der Waals surface area contributed by atoms with Crippen molar-refractivity contribution in [3.63, 3.8) is 0 Å². The lowest BCUT2D eigenvalue weighted by Crippen LogP contribution is -2.36. The molecule has 1 atom stereocenters. The molecule has 0 aromatic carbocycles. The Kier molecular flexibility index (Phi) is 17.7. The maximum Gasteiger partial charge on any atom is 0.166 e. The molecular weight excluding hydrogens is 340 g/mol. The van der Waals surface area contributed by atoms with E-state index in [0.29, 0.717) is 11.5 Å². The van der Waals surface area contributed by atoms with E-state index in [2.05, 4.69) is 34.3 Å². The Labute approximate surface area is 146 Å². The van der Waals surface area contributed by atoms with E-state index >= 15 is 0 Å². The van der Waals surface area contributed by atoms with Gasteiger partial charge in [0.15, 0.2) is 10.2 Å². The van der Waals surface area contributed by atoms with Gasteiger partial charge in [0.1, 0.15) is 5.78 Å². The largest absolute Gasteiger partial charge is 0.377 e. The van der Waals surface area contributed by atoms with Crippen molar-refractivity contribution in [1.29, 1.82) is 0 Å². The summed E-state index contributed by atoms with van der Waals surface area (Å²) >= 11 is 9.20. The number of nitrogens with one attached hydrogen (secondary N) is 2. The van der Waals surface area contributed by atoms with E-state index in [0.717, 1.165) is 44.5 Å². The van der Waals surface area contributed by atoms with Crippen LogP contribution in [0.4, 0.5) is 0 Å². The van der Waals surface area contributed by atoms with Crippen molar-refractivity contribution < 1.29 is 9.00 Å². The number of Topliss-reactive ketones (excluding diaryl/α,β-unsaturated/α-hetero) is 1. The van der Waals surface area contributed by atoms with Crippen molar-refractivity contribution >= 4 is 51.2 Å². The second-order valence-electron chi connectivity index (χ2n) is 4.73. The van der Waals surface area contributed by atoms with E-state index in [1.807, 2.05) is 0 Å². The van der Waals surface area contributed by atoms with Crippen LogP contribution >= 0.6 is 24.4 Å². The molecule has 0 spiro atoms. The van der Waals surface area contributed by atoms with Crippen LogP contribution in [0.5, 0.6) is 0 Å². The highest BCUT2D eigenvalue weighted by Crippen LogP contribution is 1.94. The molecule has 9 heteroatoms. The van der Waals surface area contributed by atoms with Gasteiger partial charge in [0.05, 0.1) is 0 Å².